The second kappa shape index (κ2) is 11.7. The van der Waals surface area contributed by atoms with Crippen molar-refractivity contribution in [3.8, 4) is 22.5 Å². The summed E-state index contributed by atoms with van der Waals surface area (Å²) in [5.41, 5.74) is 4.06. The minimum atomic E-state index is -1.07. The van der Waals surface area contributed by atoms with Gasteiger partial charge in [-0.3, -0.25) is 10.1 Å². The lowest BCUT2D eigenvalue weighted by atomic mass is 10.0. The number of anilines is 1. The molecule has 0 bridgehead atoms. The van der Waals surface area contributed by atoms with Crippen molar-refractivity contribution in [3.63, 3.8) is 0 Å². The number of esters is 1. The van der Waals surface area contributed by atoms with Crippen LogP contribution < -0.4 is 5.32 Å². The number of amides is 1. The molecule has 0 aliphatic carbocycles. The molecule has 0 spiro atoms. The van der Waals surface area contributed by atoms with Crippen LogP contribution in [0, 0.1) is 18.6 Å². The van der Waals surface area contributed by atoms with Crippen LogP contribution >= 0.6 is 0 Å². The third-order valence-electron chi connectivity index (χ3n) is 5.88. The Morgan fingerprint density at radius 3 is 2.26 bits per heavy atom. The number of carbonyl (C=O) groups excluding carboxylic acids is 2. The van der Waals surface area contributed by atoms with Gasteiger partial charge in [-0.1, -0.05) is 65.8 Å². The quantitative estimate of drug-likeness (QED) is 0.251. The average molecular weight is 521 g/mol. The molecule has 1 amide bonds. The molecule has 0 radical (unpaired) electrons. The van der Waals surface area contributed by atoms with Crippen molar-refractivity contribution in [2.75, 3.05) is 11.9 Å². The van der Waals surface area contributed by atoms with Crippen LogP contribution in [0.2, 0.25) is 0 Å². The van der Waals surface area contributed by atoms with Gasteiger partial charge in [0.05, 0.1) is 13.0 Å². The van der Waals surface area contributed by atoms with Gasteiger partial charge in [-0.25, -0.2) is 13.6 Å². The molecule has 1 unspecified atom stereocenters. The van der Waals surface area contributed by atoms with Crippen LogP contribution in [0.25, 0.3) is 22.5 Å². The first kappa shape index (κ1) is 26.5. The number of benzene rings is 3. The van der Waals surface area contributed by atoms with Crippen LogP contribution in [0.4, 0.5) is 19.3 Å². The number of aromatic nitrogens is 1. The number of halogens is 2. The summed E-state index contributed by atoms with van der Waals surface area (Å²) in [4.78, 5) is 24.2. The van der Waals surface area contributed by atoms with E-state index in [-0.39, 0.29) is 18.0 Å². The normalized spacial score (nSPS) is 11.6. The monoisotopic (exact) mass is 520 g/mol. The molecule has 38 heavy (non-hydrogen) atoms. The smallest absolute Gasteiger partial charge is 0.412 e. The SMILES string of the molecule is CCOC(=O)Cc1ccc(-c2ccc(-c3onc(C)c3NC(=O)OC(C)c3cccc(F)c3F)cc2)cc1. The molecule has 0 saturated heterocycles. The molecule has 7 nitrogen and oxygen atoms in total. The zero-order valence-electron chi connectivity index (χ0n) is 21.1. The van der Waals surface area contributed by atoms with Crippen molar-refractivity contribution < 1.29 is 32.4 Å². The Kier molecular flexibility index (Phi) is 8.15. The molecule has 4 rings (SSSR count). The first-order chi connectivity index (χ1) is 18.3. The lowest BCUT2D eigenvalue weighted by Gasteiger charge is -2.15. The summed E-state index contributed by atoms with van der Waals surface area (Å²) in [5.74, 6) is -2.04. The van der Waals surface area contributed by atoms with Crippen molar-refractivity contribution in [1.29, 1.82) is 0 Å². The van der Waals surface area contributed by atoms with Crippen LogP contribution in [0.5, 0.6) is 0 Å². The molecule has 4 aromatic rings. The maximum atomic E-state index is 14.1. The molecular formula is C29H26F2N2O5. The number of ether oxygens (including phenoxy) is 2. The predicted octanol–water partition coefficient (Wildman–Crippen LogP) is 7.01. The second-order valence-electron chi connectivity index (χ2n) is 8.54. The van der Waals surface area contributed by atoms with Crippen molar-refractivity contribution >= 4 is 17.7 Å². The van der Waals surface area contributed by atoms with Crippen LogP contribution in [0.15, 0.2) is 71.3 Å². The summed E-state index contributed by atoms with van der Waals surface area (Å²) in [7, 11) is 0. The second-order valence-corrected chi connectivity index (χ2v) is 8.54. The van der Waals surface area contributed by atoms with E-state index in [0.717, 1.165) is 22.8 Å². The Morgan fingerprint density at radius 1 is 0.974 bits per heavy atom. The maximum absolute atomic E-state index is 14.1. The average Bonchev–Trinajstić information content (AvgIpc) is 3.26. The molecule has 0 aliphatic heterocycles. The number of carbonyl (C=O) groups is 2. The fourth-order valence-corrected chi connectivity index (χ4v) is 3.91. The predicted molar refractivity (Wildman–Crippen MR) is 137 cm³/mol. The topological polar surface area (TPSA) is 90.7 Å². The van der Waals surface area contributed by atoms with Crippen molar-refractivity contribution in [2.45, 2.75) is 33.3 Å². The molecule has 0 aliphatic rings. The first-order valence-corrected chi connectivity index (χ1v) is 12.0. The third kappa shape index (κ3) is 6.05. The zero-order chi connectivity index (χ0) is 27.2. The van der Waals surface area contributed by atoms with E-state index in [4.69, 9.17) is 14.0 Å². The van der Waals surface area contributed by atoms with Gasteiger partial charge < -0.3 is 14.0 Å². The highest BCUT2D eigenvalue weighted by atomic mass is 19.2. The molecule has 1 heterocycles. The Hall–Kier alpha value is -4.53. The number of aryl methyl sites for hydroxylation is 1. The van der Waals surface area contributed by atoms with E-state index in [1.54, 1.807) is 13.8 Å². The summed E-state index contributed by atoms with van der Waals surface area (Å²) in [6.07, 6.45) is -1.68. The zero-order valence-corrected chi connectivity index (χ0v) is 21.1. The Balaban J connectivity index is 1.46. The van der Waals surface area contributed by atoms with E-state index >= 15 is 0 Å². The highest BCUT2D eigenvalue weighted by molar-refractivity contribution is 5.91. The lowest BCUT2D eigenvalue weighted by molar-refractivity contribution is -0.142. The van der Waals surface area contributed by atoms with Crippen LogP contribution in [0.3, 0.4) is 0 Å². The van der Waals surface area contributed by atoms with E-state index in [9.17, 15) is 18.4 Å². The molecule has 196 valence electrons. The maximum Gasteiger partial charge on any atom is 0.412 e. The van der Waals surface area contributed by atoms with Gasteiger partial charge in [-0.2, -0.15) is 0 Å². The van der Waals surface area contributed by atoms with Gasteiger partial charge in [0.2, 0.25) is 0 Å². The van der Waals surface area contributed by atoms with Crippen molar-refractivity contribution in [3.05, 3.63) is 95.2 Å². The summed E-state index contributed by atoms with van der Waals surface area (Å²) < 4.78 is 43.3. The van der Waals surface area contributed by atoms with Gasteiger partial charge in [0, 0.05) is 11.1 Å². The van der Waals surface area contributed by atoms with E-state index < -0.39 is 23.8 Å². The third-order valence-corrected chi connectivity index (χ3v) is 5.88. The Labute approximate surface area is 218 Å². The summed E-state index contributed by atoms with van der Waals surface area (Å²) in [6.45, 7) is 5.22. The fraction of sp³-hybridized carbons (Fsp3) is 0.207. The number of hydrogen-bond acceptors (Lipinski definition) is 6. The summed E-state index contributed by atoms with van der Waals surface area (Å²) in [5, 5.41) is 6.54. The lowest BCUT2D eigenvalue weighted by Crippen LogP contribution is -2.17. The summed E-state index contributed by atoms with van der Waals surface area (Å²) >= 11 is 0. The summed E-state index contributed by atoms with van der Waals surface area (Å²) in [6, 6.07) is 18.7. The molecule has 1 aromatic heterocycles. The largest absolute Gasteiger partial charge is 0.466 e. The molecule has 0 saturated carbocycles. The van der Waals surface area contributed by atoms with Gasteiger partial charge in [-0.15, -0.1) is 0 Å². The Morgan fingerprint density at radius 2 is 1.61 bits per heavy atom. The first-order valence-electron chi connectivity index (χ1n) is 12.0. The number of nitrogens with one attached hydrogen (secondary N) is 1. The number of nitrogens with zero attached hydrogens (tertiary/aromatic N) is 1. The van der Waals surface area contributed by atoms with Gasteiger partial charge in [-0.05, 0) is 43.5 Å². The van der Waals surface area contributed by atoms with Crippen LogP contribution in [-0.4, -0.2) is 23.8 Å². The van der Waals surface area contributed by atoms with Gasteiger partial charge in [0.15, 0.2) is 17.4 Å². The van der Waals surface area contributed by atoms with E-state index in [1.807, 2.05) is 48.5 Å². The Bertz CT molecular complexity index is 1430. The highest BCUT2D eigenvalue weighted by Crippen LogP contribution is 2.33. The van der Waals surface area contributed by atoms with Gasteiger partial charge in [0.25, 0.3) is 0 Å². The minimum Gasteiger partial charge on any atom is -0.466 e. The van der Waals surface area contributed by atoms with E-state index in [2.05, 4.69) is 10.5 Å². The molecular weight excluding hydrogens is 494 g/mol. The minimum absolute atomic E-state index is 0.0769. The fourth-order valence-electron chi connectivity index (χ4n) is 3.91. The standard InChI is InChI=1S/C29H26F2N2O5/c1-4-36-25(34)16-19-8-10-20(11-9-19)21-12-14-22(15-13-21)28-27(17(2)33-38-28)32-29(35)37-18(3)23-6-5-7-24(30)26(23)31/h5-15,18H,4,16H2,1-3H3,(H,32,35). The number of hydrogen-bond donors (Lipinski definition) is 1. The molecule has 0 fully saturated rings. The highest BCUT2D eigenvalue weighted by Gasteiger charge is 2.22. The van der Waals surface area contributed by atoms with Crippen molar-refractivity contribution in [1.82, 2.24) is 5.16 Å². The van der Waals surface area contributed by atoms with Gasteiger partial charge in [0.1, 0.15) is 17.5 Å². The van der Waals surface area contributed by atoms with E-state index in [0.29, 0.717) is 29.3 Å². The van der Waals surface area contributed by atoms with Crippen LogP contribution in [0.1, 0.15) is 36.8 Å². The molecule has 3 aromatic carbocycles. The molecule has 1 N–H and O–H groups in total. The van der Waals surface area contributed by atoms with Gasteiger partial charge >= 0.3 is 12.1 Å². The van der Waals surface area contributed by atoms with Crippen LogP contribution in [-0.2, 0) is 20.7 Å². The van der Waals surface area contributed by atoms with Crippen molar-refractivity contribution in [2.24, 2.45) is 0 Å². The van der Waals surface area contributed by atoms with E-state index in [1.165, 1.54) is 19.1 Å². The number of rotatable bonds is 8. The molecule has 9 heteroatoms. The molecule has 1 atom stereocenters.